The Bertz CT molecular complexity index is 837. The zero-order valence-corrected chi connectivity index (χ0v) is 15.9. The average molecular weight is 380 g/mol. The highest BCUT2D eigenvalue weighted by molar-refractivity contribution is 5.79. The van der Waals surface area contributed by atoms with Crippen LogP contribution in [0.2, 0.25) is 0 Å². The maximum atomic E-state index is 12.6. The number of carbonyl (C=O) groups excluding carboxylic acids is 2. The molecule has 1 aliphatic carbocycles. The largest absolute Gasteiger partial charge is 0.469 e. The summed E-state index contributed by atoms with van der Waals surface area (Å²) in [6.45, 7) is 1.93. The van der Waals surface area contributed by atoms with Gasteiger partial charge < -0.3 is 19.7 Å². The molecule has 28 heavy (non-hydrogen) atoms. The van der Waals surface area contributed by atoms with E-state index in [9.17, 15) is 9.59 Å². The summed E-state index contributed by atoms with van der Waals surface area (Å²) in [6.07, 6.45) is -0.0952. The van der Waals surface area contributed by atoms with Gasteiger partial charge in [-0.15, -0.1) is 0 Å². The molecule has 0 spiro atoms. The number of hydrogen-bond donors (Lipinski definition) is 1. The smallest absolute Gasteiger partial charge is 0.409 e. The Morgan fingerprint density at radius 2 is 1.71 bits per heavy atom. The Morgan fingerprint density at radius 1 is 1.07 bits per heavy atom. The monoisotopic (exact) mass is 380 g/mol. The number of hydrogen-bond acceptors (Lipinski definition) is 5. The lowest BCUT2D eigenvalue weighted by Gasteiger charge is -2.32. The van der Waals surface area contributed by atoms with E-state index in [2.05, 4.69) is 29.6 Å². The molecule has 1 atom stereocenters. The van der Waals surface area contributed by atoms with Crippen LogP contribution in [0.1, 0.15) is 23.5 Å². The second-order valence-corrected chi connectivity index (χ2v) is 7.18. The summed E-state index contributed by atoms with van der Waals surface area (Å²) in [5.41, 5.74) is 4.81. The highest BCUT2D eigenvalue weighted by Crippen LogP contribution is 2.44. The molecular formula is C22H24N2O4. The number of carbonyl (C=O) groups is 2. The van der Waals surface area contributed by atoms with Gasteiger partial charge in [-0.25, -0.2) is 4.79 Å². The van der Waals surface area contributed by atoms with Crippen molar-refractivity contribution in [3.05, 3.63) is 59.7 Å². The molecule has 2 aromatic rings. The van der Waals surface area contributed by atoms with Crippen molar-refractivity contribution < 1.29 is 19.1 Å². The first-order valence-corrected chi connectivity index (χ1v) is 9.57. The van der Waals surface area contributed by atoms with Gasteiger partial charge in [-0.1, -0.05) is 48.5 Å². The lowest BCUT2D eigenvalue weighted by Crippen LogP contribution is -2.53. The van der Waals surface area contributed by atoms with Crippen molar-refractivity contribution in [1.29, 1.82) is 0 Å². The summed E-state index contributed by atoms with van der Waals surface area (Å²) in [5.74, 6) is -0.239. The molecule has 1 aliphatic heterocycles. The number of nitrogens with one attached hydrogen (secondary N) is 1. The molecule has 0 radical (unpaired) electrons. The number of benzene rings is 2. The van der Waals surface area contributed by atoms with E-state index in [1.54, 1.807) is 4.90 Å². The van der Waals surface area contributed by atoms with E-state index in [0.29, 0.717) is 26.2 Å². The van der Waals surface area contributed by atoms with E-state index >= 15 is 0 Å². The molecule has 2 aromatic carbocycles. The van der Waals surface area contributed by atoms with Crippen LogP contribution in [0.3, 0.4) is 0 Å². The summed E-state index contributed by atoms with van der Waals surface area (Å²) >= 11 is 0. The van der Waals surface area contributed by atoms with E-state index in [1.807, 2.05) is 24.3 Å². The third-order valence-electron chi connectivity index (χ3n) is 5.49. The Labute approximate surface area is 164 Å². The van der Waals surface area contributed by atoms with Crippen LogP contribution in [-0.2, 0) is 14.3 Å². The third kappa shape index (κ3) is 3.60. The molecule has 1 fully saturated rings. The van der Waals surface area contributed by atoms with Crippen LogP contribution in [-0.4, -0.2) is 56.4 Å². The molecule has 2 aliphatic rings. The number of nitrogens with zero attached hydrogens (tertiary/aromatic N) is 1. The Morgan fingerprint density at radius 3 is 2.36 bits per heavy atom. The quantitative estimate of drug-likeness (QED) is 0.826. The summed E-state index contributed by atoms with van der Waals surface area (Å²) in [7, 11) is 1.37. The first-order valence-electron chi connectivity index (χ1n) is 9.57. The maximum absolute atomic E-state index is 12.6. The van der Waals surface area contributed by atoms with E-state index in [1.165, 1.54) is 29.4 Å². The van der Waals surface area contributed by atoms with Crippen molar-refractivity contribution in [3.63, 3.8) is 0 Å². The number of rotatable bonds is 4. The number of amides is 1. The minimum Gasteiger partial charge on any atom is -0.469 e. The molecule has 146 valence electrons. The van der Waals surface area contributed by atoms with Crippen LogP contribution < -0.4 is 5.32 Å². The first kappa shape index (κ1) is 18.5. The number of methoxy groups -OCH3 is 1. The Kier molecular flexibility index (Phi) is 5.30. The summed E-state index contributed by atoms with van der Waals surface area (Å²) in [6, 6.07) is 16.4. The fourth-order valence-corrected chi connectivity index (χ4v) is 4.10. The van der Waals surface area contributed by atoms with Gasteiger partial charge in [0, 0.05) is 31.6 Å². The van der Waals surface area contributed by atoms with Crippen LogP contribution in [0.5, 0.6) is 0 Å². The van der Waals surface area contributed by atoms with Gasteiger partial charge in [0.05, 0.1) is 13.5 Å². The van der Waals surface area contributed by atoms with E-state index < -0.39 is 0 Å². The zero-order chi connectivity index (χ0) is 19.5. The van der Waals surface area contributed by atoms with Gasteiger partial charge in [0.2, 0.25) is 0 Å². The molecular weight excluding hydrogens is 356 g/mol. The summed E-state index contributed by atoms with van der Waals surface area (Å²) < 4.78 is 10.4. The minimum absolute atomic E-state index is 0.0464. The van der Waals surface area contributed by atoms with Gasteiger partial charge in [0.1, 0.15) is 6.61 Å². The van der Waals surface area contributed by atoms with Gasteiger partial charge >= 0.3 is 12.1 Å². The Balaban J connectivity index is 1.42. The Hall–Kier alpha value is -2.86. The molecule has 1 saturated heterocycles. The third-order valence-corrected chi connectivity index (χ3v) is 5.49. The molecule has 0 bridgehead atoms. The topological polar surface area (TPSA) is 67.9 Å². The number of ether oxygens (including phenoxy) is 2. The number of fused-ring (bicyclic) bond motifs is 3. The number of esters is 1. The van der Waals surface area contributed by atoms with Crippen LogP contribution >= 0.6 is 0 Å². The van der Waals surface area contributed by atoms with Crippen molar-refractivity contribution in [2.24, 2.45) is 0 Å². The lowest BCUT2D eigenvalue weighted by molar-refractivity contribution is -0.141. The van der Waals surface area contributed by atoms with Crippen LogP contribution in [0.15, 0.2) is 48.5 Å². The lowest BCUT2D eigenvalue weighted by atomic mass is 9.98. The van der Waals surface area contributed by atoms with E-state index in [-0.39, 0.29) is 30.4 Å². The predicted octanol–water partition coefficient (Wildman–Crippen LogP) is 2.77. The fourth-order valence-electron chi connectivity index (χ4n) is 4.10. The van der Waals surface area contributed by atoms with Gasteiger partial charge in [0.15, 0.2) is 0 Å². The zero-order valence-electron chi connectivity index (χ0n) is 15.9. The molecule has 6 heteroatoms. The SMILES string of the molecule is COC(=O)CC1CN(C(=O)OCC2c3ccccc3-c3ccccc32)CCN1. The molecule has 0 aromatic heterocycles. The highest BCUT2D eigenvalue weighted by atomic mass is 16.6. The minimum atomic E-state index is -0.335. The van der Waals surface area contributed by atoms with Crippen molar-refractivity contribution >= 4 is 12.1 Å². The van der Waals surface area contributed by atoms with Gasteiger partial charge in [-0.2, -0.15) is 0 Å². The van der Waals surface area contributed by atoms with Gasteiger partial charge in [-0.3, -0.25) is 4.79 Å². The van der Waals surface area contributed by atoms with Gasteiger partial charge in [0.25, 0.3) is 0 Å². The molecule has 6 nitrogen and oxygen atoms in total. The van der Waals surface area contributed by atoms with Crippen molar-refractivity contribution in [2.45, 2.75) is 18.4 Å². The van der Waals surface area contributed by atoms with Crippen molar-refractivity contribution in [3.8, 4) is 11.1 Å². The second-order valence-electron chi connectivity index (χ2n) is 7.18. The number of piperazine rings is 1. The first-order chi connectivity index (χ1) is 13.7. The summed E-state index contributed by atoms with van der Waals surface area (Å²) in [4.78, 5) is 25.8. The standard InChI is InChI=1S/C22H24N2O4/c1-27-21(25)12-15-13-24(11-10-23-15)22(26)28-14-20-18-8-4-2-6-16(18)17-7-3-5-9-19(17)20/h2-9,15,20,23H,10-14H2,1H3. The van der Waals surface area contributed by atoms with Crippen molar-refractivity contribution in [2.75, 3.05) is 33.4 Å². The van der Waals surface area contributed by atoms with Gasteiger partial charge in [-0.05, 0) is 22.3 Å². The molecule has 1 heterocycles. The van der Waals surface area contributed by atoms with E-state index in [4.69, 9.17) is 9.47 Å². The maximum Gasteiger partial charge on any atom is 0.409 e. The van der Waals surface area contributed by atoms with Crippen molar-refractivity contribution in [1.82, 2.24) is 10.2 Å². The molecule has 0 saturated carbocycles. The highest BCUT2D eigenvalue weighted by Gasteiger charge is 2.31. The second kappa shape index (κ2) is 8.02. The summed E-state index contributed by atoms with van der Waals surface area (Å²) in [5, 5.41) is 3.24. The molecule has 4 rings (SSSR count). The molecule has 1 amide bonds. The van der Waals surface area contributed by atoms with E-state index in [0.717, 1.165) is 0 Å². The predicted molar refractivity (Wildman–Crippen MR) is 105 cm³/mol. The normalized spacial score (nSPS) is 18.3. The average Bonchev–Trinajstić information content (AvgIpc) is 3.06. The van der Waals surface area contributed by atoms with Crippen LogP contribution in [0.4, 0.5) is 4.79 Å². The van der Waals surface area contributed by atoms with Crippen LogP contribution in [0.25, 0.3) is 11.1 Å². The fraction of sp³-hybridized carbons (Fsp3) is 0.364. The molecule has 1 unspecified atom stereocenters. The van der Waals surface area contributed by atoms with Crippen LogP contribution in [0, 0.1) is 0 Å². The molecule has 1 N–H and O–H groups in total.